The van der Waals surface area contributed by atoms with Crippen molar-refractivity contribution in [1.82, 2.24) is 9.97 Å². The number of esters is 1. The minimum Gasteiger partial charge on any atom is -0.424 e. The summed E-state index contributed by atoms with van der Waals surface area (Å²) in [5.41, 5.74) is 6.87. The molecule has 2 aromatic rings. The molecule has 3 N–H and O–H groups in total. The molecule has 5 heteroatoms. The number of rotatable bonds is 1. The number of pyridine rings is 1. The van der Waals surface area contributed by atoms with Crippen molar-refractivity contribution in [1.29, 1.82) is 0 Å². The minimum atomic E-state index is -0.380. The largest absolute Gasteiger partial charge is 0.424 e. The summed E-state index contributed by atoms with van der Waals surface area (Å²) in [5.74, 6) is 0.0345. The molecular formula is C9H9N3O2. The van der Waals surface area contributed by atoms with Crippen LogP contribution < -0.4 is 10.5 Å². The Labute approximate surface area is 79.9 Å². The number of carbonyl (C=O) groups excluding carboxylic acids is 1. The lowest BCUT2D eigenvalue weighted by molar-refractivity contribution is -0.131. The second kappa shape index (κ2) is 3.02. The van der Waals surface area contributed by atoms with Crippen LogP contribution in [0.3, 0.4) is 0 Å². The van der Waals surface area contributed by atoms with Gasteiger partial charge in [0.1, 0.15) is 5.65 Å². The highest BCUT2D eigenvalue weighted by atomic mass is 16.5. The van der Waals surface area contributed by atoms with Crippen molar-refractivity contribution in [2.75, 3.05) is 5.73 Å². The molecule has 0 unspecified atom stereocenters. The van der Waals surface area contributed by atoms with Gasteiger partial charge in [0.15, 0.2) is 5.75 Å². The van der Waals surface area contributed by atoms with Gasteiger partial charge in [0.25, 0.3) is 0 Å². The molecule has 0 spiro atoms. The van der Waals surface area contributed by atoms with Crippen LogP contribution in [-0.2, 0) is 4.79 Å². The fraction of sp³-hybridized carbons (Fsp3) is 0.111. The van der Waals surface area contributed by atoms with Crippen LogP contribution in [-0.4, -0.2) is 15.9 Å². The van der Waals surface area contributed by atoms with Crippen LogP contribution in [0.1, 0.15) is 6.92 Å². The fourth-order valence-electron chi connectivity index (χ4n) is 1.29. The Hall–Kier alpha value is -2.04. The first-order chi connectivity index (χ1) is 6.68. The summed E-state index contributed by atoms with van der Waals surface area (Å²) in [6.45, 7) is 1.34. The topological polar surface area (TPSA) is 81.0 Å². The predicted molar refractivity (Wildman–Crippen MR) is 51.8 cm³/mol. The molecule has 2 heterocycles. The number of nitrogens with one attached hydrogen (secondary N) is 1. The van der Waals surface area contributed by atoms with Gasteiger partial charge in [-0.15, -0.1) is 0 Å². The number of hydrogen-bond donors (Lipinski definition) is 2. The molecular weight excluding hydrogens is 182 g/mol. The first kappa shape index (κ1) is 8.55. The standard InChI is InChI=1S/C9H9N3O2/c1-5(13)14-7-4-12-9-8(7)6(10)2-3-11-9/h2-4H,1H3,(H3,10,11,12). The van der Waals surface area contributed by atoms with Crippen molar-refractivity contribution in [3.63, 3.8) is 0 Å². The van der Waals surface area contributed by atoms with Gasteiger partial charge in [-0.05, 0) is 6.07 Å². The first-order valence-electron chi connectivity index (χ1n) is 4.08. The molecule has 0 aromatic carbocycles. The second-order valence-corrected chi connectivity index (χ2v) is 2.87. The molecule has 0 aliphatic rings. The molecule has 72 valence electrons. The molecule has 0 saturated heterocycles. The fourth-order valence-corrected chi connectivity index (χ4v) is 1.29. The third kappa shape index (κ3) is 1.28. The summed E-state index contributed by atoms with van der Waals surface area (Å²) >= 11 is 0. The number of anilines is 1. The molecule has 0 aliphatic carbocycles. The molecule has 0 aliphatic heterocycles. The molecule has 5 nitrogen and oxygen atoms in total. The monoisotopic (exact) mass is 191 g/mol. The second-order valence-electron chi connectivity index (χ2n) is 2.87. The number of nitrogen functional groups attached to an aromatic ring is 1. The average Bonchev–Trinajstić information content (AvgIpc) is 2.49. The molecule has 0 amide bonds. The van der Waals surface area contributed by atoms with Gasteiger partial charge in [0.05, 0.1) is 5.39 Å². The van der Waals surface area contributed by atoms with Crippen LogP contribution in [0.4, 0.5) is 5.69 Å². The zero-order chi connectivity index (χ0) is 10.1. The SMILES string of the molecule is CC(=O)Oc1c[nH]c2nccc(N)c12. The van der Waals surface area contributed by atoms with E-state index in [9.17, 15) is 4.79 Å². The van der Waals surface area contributed by atoms with E-state index in [1.165, 1.54) is 6.92 Å². The number of aromatic amines is 1. The van der Waals surface area contributed by atoms with Crippen LogP contribution in [0, 0.1) is 0 Å². The maximum atomic E-state index is 10.8. The van der Waals surface area contributed by atoms with E-state index in [4.69, 9.17) is 10.5 Å². The highest BCUT2D eigenvalue weighted by Crippen LogP contribution is 2.28. The number of nitrogens with two attached hydrogens (primary N) is 1. The number of fused-ring (bicyclic) bond motifs is 1. The molecule has 0 bridgehead atoms. The van der Waals surface area contributed by atoms with Gasteiger partial charge in [-0.3, -0.25) is 4.79 Å². The molecule has 0 atom stereocenters. The summed E-state index contributed by atoms with van der Waals surface area (Å²) in [4.78, 5) is 17.7. The normalized spacial score (nSPS) is 10.4. The summed E-state index contributed by atoms with van der Waals surface area (Å²) in [6, 6.07) is 1.66. The van der Waals surface area contributed by atoms with Crippen LogP contribution >= 0.6 is 0 Å². The third-order valence-electron chi connectivity index (χ3n) is 1.82. The van der Waals surface area contributed by atoms with Gasteiger partial charge in [0, 0.05) is 25.0 Å². The van der Waals surface area contributed by atoms with Gasteiger partial charge in [0.2, 0.25) is 0 Å². The van der Waals surface area contributed by atoms with E-state index in [0.29, 0.717) is 22.5 Å². The number of nitrogens with zero attached hydrogens (tertiary/aromatic N) is 1. The number of carbonyl (C=O) groups is 1. The molecule has 14 heavy (non-hydrogen) atoms. The highest BCUT2D eigenvalue weighted by Gasteiger charge is 2.10. The highest BCUT2D eigenvalue weighted by molar-refractivity contribution is 5.95. The minimum absolute atomic E-state index is 0.380. The lowest BCUT2D eigenvalue weighted by Crippen LogP contribution is -2.01. The van der Waals surface area contributed by atoms with Crippen LogP contribution in [0.15, 0.2) is 18.5 Å². The van der Waals surface area contributed by atoms with Crippen molar-refractivity contribution in [3.05, 3.63) is 18.5 Å². The Kier molecular flexibility index (Phi) is 1.85. The number of hydrogen-bond acceptors (Lipinski definition) is 4. The number of aromatic nitrogens is 2. The Balaban J connectivity index is 2.61. The van der Waals surface area contributed by atoms with E-state index in [1.807, 2.05) is 0 Å². The van der Waals surface area contributed by atoms with Crippen molar-refractivity contribution in [3.8, 4) is 5.75 Å². The van der Waals surface area contributed by atoms with Gasteiger partial charge >= 0.3 is 5.97 Å². The summed E-state index contributed by atoms with van der Waals surface area (Å²) in [7, 11) is 0. The van der Waals surface area contributed by atoms with E-state index in [1.54, 1.807) is 18.5 Å². The van der Waals surface area contributed by atoms with E-state index in [-0.39, 0.29) is 5.97 Å². The lowest BCUT2D eigenvalue weighted by atomic mass is 10.3. The molecule has 0 fully saturated rings. The van der Waals surface area contributed by atoms with Crippen molar-refractivity contribution < 1.29 is 9.53 Å². The Morgan fingerprint density at radius 1 is 1.64 bits per heavy atom. The Morgan fingerprint density at radius 3 is 3.14 bits per heavy atom. The van der Waals surface area contributed by atoms with Gasteiger partial charge in [-0.2, -0.15) is 0 Å². The summed E-state index contributed by atoms with van der Waals surface area (Å²) < 4.78 is 4.96. The lowest BCUT2D eigenvalue weighted by Gasteiger charge is -1.99. The van der Waals surface area contributed by atoms with Crippen LogP contribution in [0.5, 0.6) is 5.75 Å². The zero-order valence-corrected chi connectivity index (χ0v) is 7.57. The first-order valence-corrected chi connectivity index (χ1v) is 4.08. The van der Waals surface area contributed by atoms with Crippen molar-refractivity contribution in [2.24, 2.45) is 0 Å². The third-order valence-corrected chi connectivity index (χ3v) is 1.82. The number of H-pyrrole nitrogens is 1. The van der Waals surface area contributed by atoms with Crippen LogP contribution in [0.2, 0.25) is 0 Å². The summed E-state index contributed by atoms with van der Waals surface area (Å²) in [6.07, 6.45) is 3.15. The molecule has 0 radical (unpaired) electrons. The van der Waals surface area contributed by atoms with Crippen LogP contribution in [0.25, 0.3) is 11.0 Å². The zero-order valence-electron chi connectivity index (χ0n) is 7.57. The van der Waals surface area contributed by atoms with E-state index in [0.717, 1.165) is 0 Å². The van der Waals surface area contributed by atoms with E-state index in [2.05, 4.69) is 9.97 Å². The molecule has 0 saturated carbocycles. The predicted octanol–water partition coefficient (Wildman–Crippen LogP) is 1.07. The van der Waals surface area contributed by atoms with E-state index < -0.39 is 0 Å². The maximum absolute atomic E-state index is 10.8. The van der Waals surface area contributed by atoms with Gasteiger partial charge < -0.3 is 15.5 Å². The van der Waals surface area contributed by atoms with Crippen molar-refractivity contribution in [2.45, 2.75) is 6.92 Å². The quantitative estimate of drug-likeness (QED) is 0.660. The van der Waals surface area contributed by atoms with E-state index >= 15 is 0 Å². The van der Waals surface area contributed by atoms with Crippen molar-refractivity contribution >= 4 is 22.7 Å². The average molecular weight is 191 g/mol. The molecule has 2 rings (SSSR count). The Bertz CT molecular complexity index is 490. The smallest absolute Gasteiger partial charge is 0.308 e. The Morgan fingerprint density at radius 2 is 2.43 bits per heavy atom. The van der Waals surface area contributed by atoms with Gasteiger partial charge in [-0.1, -0.05) is 0 Å². The number of ether oxygens (including phenoxy) is 1. The summed E-state index contributed by atoms with van der Waals surface area (Å²) in [5, 5.41) is 0.641. The maximum Gasteiger partial charge on any atom is 0.308 e. The van der Waals surface area contributed by atoms with Gasteiger partial charge in [-0.25, -0.2) is 4.98 Å². The molecule has 2 aromatic heterocycles.